The van der Waals surface area contributed by atoms with Crippen molar-refractivity contribution >= 4 is 11.8 Å². The Hall–Kier alpha value is -3.08. The van der Waals surface area contributed by atoms with Crippen LogP contribution >= 0.6 is 0 Å². The van der Waals surface area contributed by atoms with Crippen LogP contribution in [-0.2, 0) is 22.6 Å². The van der Waals surface area contributed by atoms with Gasteiger partial charge in [0.15, 0.2) is 0 Å². The predicted molar refractivity (Wildman–Crippen MR) is 127 cm³/mol. The first-order valence-electron chi connectivity index (χ1n) is 11.5. The Morgan fingerprint density at radius 2 is 1.78 bits per heavy atom. The second kappa shape index (κ2) is 12.1. The van der Waals surface area contributed by atoms with E-state index in [4.69, 9.17) is 4.74 Å². The molecule has 2 aromatic carbocycles. The minimum Gasteiger partial charge on any atom is -0.497 e. The van der Waals surface area contributed by atoms with Crippen LogP contribution in [0.15, 0.2) is 66.2 Å². The van der Waals surface area contributed by atoms with Gasteiger partial charge in [-0.25, -0.2) is 0 Å². The lowest BCUT2D eigenvalue weighted by molar-refractivity contribution is -0.140. The Morgan fingerprint density at radius 1 is 1.03 bits per heavy atom. The summed E-state index contributed by atoms with van der Waals surface area (Å²) in [5.41, 5.74) is 3.33. The molecule has 3 rings (SSSR count). The molecule has 0 heterocycles. The molecule has 32 heavy (non-hydrogen) atoms. The molecule has 170 valence electrons. The number of allylic oxidation sites excluding steroid dienone is 1. The van der Waals surface area contributed by atoms with Crippen molar-refractivity contribution < 1.29 is 14.3 Å². The molecule has 0 aliphatic heterocycles. The normalized spacial score (nSPS) is 14.2. The van der Waals surface area contributed by atoms with Crippen molar-refractivity contribution in [1.29, 1.82) is 0 Å². The van der Waals surface area contributed by atoms with Gasteiger partial charge < -0.3 is 15.0 Å². The highest BCUT2D eigenvalue weighted by Gasteiger charge is 2.26. The first kappa shape index (κ1) is 23.6. The smallest absolute Gasteiger partial charge is 0.242 e. The minimum atomic E-state index is -0.561. The molecule has 0 aromatic heterocycles. The van der Waals surface area contributed by atoms with E-state index in [-0.39, 0.29) is 18.2 Å². The third-order valence-corrected chi connectivity index (χ3v) is 6.01. The van der Waals surface area contributed by atoms with E-state index < -0.39 is 6.04 Å². The van der Waals surface area contributed by atoms with E-state index in [9.17, 15) is 9.59 Å². The maximum atomic E-state index is 13.2. The van der Waals surface area contributed by atoms with Crippen molar-refractivity contribution in [3.05, 3.63) is 77.4 Å². The number of nitrogens with one attached hydrogen (secondary N) is 1. The number of rotatable bonds is 10. The summed E-state index contributed by atoms with van der Waals surface area (Å²) in [4.78, 5) is 27.8. The van der Waals surface area contributed by atoms with Crippen LogP contribution in [0.4, 0.5) is 0 Å². The highest BCUT2D eigenvalue weighted by Crippen LogP contribution is 2.20. The Labute approximate surface area is 191 Å². The van der Waals surface area contributed by atoms with Gasteiger partial charge in [-0.15, -0.1) is 0 Å². The van der Waals surface area contributed by atoms with Crippen LogP contribution in [-0.4, -0.2) is 36.4 Å². The molecule has 0 bridgehead atoms. The van der Waals surface area contributed by atoms with Crippen molar-refractivity contribution in [3.8, 4) is 5.75 Å². The molecule has 1 aliphatic rings. The van der Waals surface area contributed by atoms with Crippen LogP contribution in [0.2, 0.25) is 0 Å². The zero-order valence-electron chi connectivity index (χ0n) is 19.2. The molecular formula is C27H34N2O3. The third-order valence-electron chi connectivity index (χ3n) is 6.01. The maximum absolute atomic E-state index is 13.2. The van der Waals surface area contributed by atoms with Crippen LogP contribution in [0, 0.1) is 0 Å². The van der Waals surface area contributed by atoms with E-state index in [2.05, 4.69) is 11.4 Å². The fourth-order valence-electron chi connectivity index (χ4n) is 4.01. The van der Waals surface area contributed by atoms with E-state index >= 15 is 0 Å². The lowest BCUT2D eigenvalue weighted by Gasteiger charge is -2.29. The molecule has 2 amide bonds. The largest absolute Gasteiger partial charge is 0.497 e. The molecule has 0 saturated carbocycles. The molecule has 1 atom stereocenters. The topological polar surface area (TPSA) is 58.6 Å². The quantitative estimate of drug-likeness (QED) is 0.553. The van der Waals surface area contributed by atoms with Crippen molar-refractivity contribution in [2.24, 2.45) is 0 Å². The van der Waals surface area contributed by atoms with Gasteiger partial charge in [0, 0.05) is 13.1 Å². The third kappa shape index (κ3) is 6.98. The summed E-state index contributed by atoms with van der Waals surface area (Å²) in [7, 11) is 1.63. The molecule has 1 unspecified atom stereocenters. The summed E-state index contributed by atoms with van der Waals surface area (Å²) in [6.07, 6.45) is 8.22. The van der Waals surface area contributed by atoms with Crippen molar-refractivity contribution in [2.75, 3.05) is 13.7 Å². The monoisotopic (exact) mass is 434 g/mol. The van der Waals surface area contributed by atoms with Crippen LogP contribution < -0.4 is 10.1 Å². The van der Waals surface area contributed by atoms with Crippen LogP contribution in [0.1, 0.15) is 50.2 Å². The highest BCUT2D eigenvalue weighted by atomic mass is 16.5. The molecule has 1 aliphatic carbocycles. The average Bonchev–Trinajstić information content (AvgIpc) is 2.83. The standard InChI is InChI=1S/C27H34N2O3/c1-21(27(31)28-18-17-22-9-5-3-6-10-22)29(20-24-13-15-25(32-2)16-14-24)26(30)19-23-11-7-4-8-12-23/h4,7-9,11-16,21H,3,5-6,10,17-20H2,1-2H3,(H,28,31). The summed E-state index contributed by atoms with van der Waals surface area (Å²) in [6.45, 7) is 2.79. The lowest BCUT2D eigenvalue weighted by atomic mass is 9.97. The van der Waals surface area contributed by atoms with Crippen LogP contribution in [0.5, 0.6) is 5.75 Å². The SMILES string of the molecule is COc1ccc(CN(C(=O)Cc2ccccc2)C(C)C(=O)NCCC2=CCCCC2)cc1. The van der Waals surface area contributed by atoms with Gasteiger partial charge in [-0.2, -0.15) is 0 Å². The lowest BCUT2D eigenvalue weighted by Crippen LogP contribution is -2.48. The maximum Gasteiger partial charge on any atom is 0.242 e. The van der Waals surface area contributed by atoms with Gasteiger partial charge in [0.05, 0.1) is 13.5 Å². The summed E-state index contributed by atoms with van der Waals surface area (Å²) >= 11 is 0. The van der Waals surface area contributed by atoms with Gasteiger partial charge in [0.2, 0.25) is 11.8 Å². The molecule has 1 N–H and O–H groups in total. The summed E-state index contributed by atoms with van der Waals surface area (Å²) in [6, 6.07) is 16.7. The van der Waals surface area contributed by atoms with E-state index in [1.165, 1.54) is 18.4 Å². The summed E-state index contributed by atoms with van der Waals surface area (Å²) in [5, 5.41) is 3.04. The molecule has 5 heteroatoms. The molecule has 0 fully saturated rings. The van der Waals surface area contributed by atoms with E-state index in [0.29, 0.717) is 13.1 Å². The van der Waals surface area contributed by atoms with E-state index in [1.54, 1.807) is 12.0 Å². The van der Waals surface area contributed by atoms with Crippen molar-refractivity contribution in [3.63, 3.8) is 0 Å². The van der Waals surface area contributed by atoms with Crippen LogP contribution in [0.25, 0.3) is 0 Å². The summed E-state index contributed by atoms with van der Waals surface area (Å²) < 4.78 is 5.23. The first-order chi connectivity index (χ1) is 15.6. The molecule has 5 nitrogen and oxygen atoms in total. The van der Waals surface area contributed by atoms with Gasteiger partial charge in [-0.05, 0) is 62.3 Å². The molecule has 0 radical (unpaired) electrons. The molecular weight excluding hydrogens is 400 g/mol. The zero-order valence-corrected chi connectivity index (χ0v) is 19.2. The van der Waals surface area contributed by atoms with Crippen LogP contribution in [0.3, 0.4) is 0 Å². The number of methoxy groups -OCH3 is 1. The van der Waals surface area contributed by atoms with Gasteiger partial charge in [0.1, 0.15) is 11.8 Å². The second-order valence-electron chi connectivity index (χ2n) is 8.36. The Morgan fingerprint density at radius 3 is 2.44 bits per heavy atom. The Bertz CT molecular complexity index is 906. The molecule has 2 aromatic rings. The Kier molecular flexibility index (Phi) is 8.90. The number of carbonyl (C=O) groups is 2. The number of carbonyl (C=O) groups excluding carboxylic acids is 2. The number of hydrogen-bond donors (Lipinski definition) is 1. The number of ether oxygens (including phenoxy) is 1. The number of benzene rings is 2. The number of amides is 2. The van der Waals surface area contributed by atoms with E-state index in [0.717, 1.165) is 36.1 Å². The van der Waals surface area contributed by atoms with Gasteiger partial charge in [-0.3, -0.25) is 9.59 Å². The van der Waals surface area contributed by atoms with Crippen molar-refractivity contribution in [2.45, 2.75) is 58.0 Å². The number of nitrogens with zero attached hydrogens (tertiary/aromatic N) is 1. The predicted octanol–water partition coefficient (Wildman–Crippen LogP) is 4.66. The minimum absolute atomic E-state index is 0.0651. The average molecular weight is 435 g/mol. The highest BCUT2D eigenvalue weighted by molar-refractivity contribution is 5.88. The fourth-order valence-corrected chi connectivity index (χ4v) is 4.01. The molecule has 0 spiro atoms. The van der Waals surface area contributed by atoms with Crippen molar-refractivity contribution in [1.82, 2.24) is 10.2 Å². The van der Waals surface area contributed by atoms with Gasteiger partial charge in [0.25, 0.3) is 0 Å². The first-order valence-corrected chi connectivity index (χ1v) is 11.5. The fraction of sp³-hybridized carbons (Fsp3) is 0.407. The molecule has 0 saturated heterocycles. The number of hydrogen-bond acceptors (Lipinski definition) is 3. The Balaban J connectivity index is 1.66. The van der Waals surface area contributed by atoms with Gasteiger partial charge in [-0.1, -0.05) is 54.1 Å². The van der Waals surface area contributed by atoms with E-state index in [1.807, 2.05) is 61.5 Å². The van der Waals surface area contributed by atoms with Gasteiger partial charge >= 0.3 is 0 Å². The summed E-state index contributed by atoms with van der Waals surface area (Å²) in [5.74, 6) is 0.583. The second-order valence-corrected chi connectivity index (χ2v) is 8.36. The zero-order chi connectivity index (χ0) is 22.8.